The molecule has 0 aromatic carbocycles. The number of carboxylic acid groups (broad SMARTS) is 1. The summed E-state index contributed by atoms with van der Waals surface area (Å²) in [4.78, 5) is 14.8. The maximum absolute atomic E-state index is 11.0. The van der Waals surface area contributed by atoms with Gasteiger partial charge in [0.2, 0.25) is 0 Å². The molecule has 1 aromatic heterocycles. The maximum atomic E-state index is 11.0. The van der Waals surface area contributed by atoms with Crippen molar-refractivity contribution in [3.05, 3.63) is 20.8 Å². The summed E-state index contributed by atoms with van der Waals surface area (Å²) in [5.41, 5.74) is 0. The van der Waals surface area contributed by atoms with Crippen LogP contribution in [0.25, 0.3) is 0 Å². The number of rotatable bonds is 3. The molecule has 3 unspecified atom stereocenters. The Bertz CT molecular complexity index is 434. The molecule has 2 rings (SSSR count). The van der Waals surface area contributed by atoms with E-state index in [4.69, 9.17) is 5.11 Å². The average molecular weight is 332 g/mol. The molecule has 0 amide bonds. The van der Waals surface area contributed by atoms with E-state index in [-0.39, 0.29) is 5.92 Å². The molecule has 100 valence electrons. The minimum absolute atomic E-state index is 0.168. The molecule has 18 heavy (non-hydrogen) atoms. The first-order valence-electron chi connectivity index (χ1n) is 6.21. The number of aliphatic carboxylic acids is 1. The highest BCUT2D eigenvalue weighted by Gasteiger charge is 2.32. The summed E-state index contributed by atoms with van der Waals surface area (Å²) < 4.78 is 1.13. The summed E-state index contributed by atoms with van der Waals surface area (Å²) in [6.45, 7) is 5.21. The molecule has 3 nitrogen and oxygen atoms in total. The van der Waals surface area contributed by atoms with Crippen LogP contribution in [-0.4, -0.2) is 28.6 Å². The molecule has 1 saturated heterocycles. The second-order valence-electron chi connectivity index (χ2n) is 4.99. The number of hydrogen-bond donors (Lipinski definition) is 1. The smallest absolute Gasteiger partial charge is 0.306 e. The number of piperidine rings is 1. The Labute approximate surface area is 120 Å². The molecule has 5 heteroatoms. The van der Waals surface area contributed by atoms with Crippen molar-refractivity contribution in [2.75, 3.05) is 6.54 Å². The highest BCUT2D eigenvalue weighted by Crippen LogP contribution is 2.34. The molecular weight excluding hydrogens is 314 g/mol. The van der Waals surface area contributed by atoms with Crippen LogP contribution < -0.4 is 0 Å². The van der Waals surface area contributed by atoms with Crippen LogP contribution in [0.5, 0.6) is 0 Å². The third kappa shape index (κ3) is 2.95. The summed E-state index contributed by atoms with van der Waals surface area (Å²) >= 11 is 5.24. The lowest BCUT2D eigenvalue weighted by Crippen LogP contribution is -2.43. The first kappa shape index (κ1) is 14.0. The van der Waals surface area contributed by atoms with Gasteiger partial charge in [-0.1, -0.05) is 0 Å². The van der Waals surface area contributed by atoms with Gasteiger partial charge in [0.1, 0.15) is 0 Å². The Morgan fingerprint density at radius 2 is 2.39 bits per heavy atom. The summed E-state index contributed by atoms with van der Waals surface area (Å²) in [7, 11) is 0. The first-order chi connectivity index (χ1) is 8.49. The van der Waals surface area contributed by atoms with Crippen LogP contribution in [0.4, 0.5) is 0 Å². The molecule has 3 atom stereocenters. The van der Waals surface area contributed by atoms with Crippen molar-refractivity contribution in [2.45, 2.75) is 38.8 Å². The van der Waals surface area contributed by atoms with Crippen LogP contribution in [0.1, 0.15) is 37.6 Å². The number of hydrogen-bond acceptors (Lipinski definition) is 3. The van der Waals surface area contributed by atoms with Gasteiger partial charge in [0.15, 0.2) is 0 Å². The van der Waals surface area contributed by atoms with Crippen LogP contribution in [0.15, 0.2) is 15.9 Å². The van der Waals surface area contributed by atoms with Gasteiger partial charge in [0.25, 0.3) is 0 Å². The first-order valence-corrected chi connectivity index (χ1v) is 7.88. The molecule has 0 bridgehead atoms. The molecule has 0 aliphatic carbocycles. The average Bonchev–Trinajstić information content (AvgIpc) is 2.74. The van der Waals surface area contributed by atoms with Gasteiger partial charge in [-0.05, 0) is 55.2 Å². The Morgan fingerprint density at radius 3 is 2.89 bits per heavy atom. The van der Waals surface area contributed by atoms with Gasteiger partial charge in [-0.2, -0.15) is 0 Å². The molecule has 1 aromatic rings. The van der Waals surface area contributed by atoms with Crippen LogP contribution in [0, 0.1) is 5.92 Å². The second-order valence-corrected chi connectivity index (χ2v) is 6.85. The van der Waals surface area contributed by atoms with E-state index in [0.717, 1.165) is 23.9 Å². The summed E-state index contributed by atoms with van der Waals surface area (Å²) in [6, 6.07) is 2.85. The molecule has 1 N–H and O–H groups in total. The maximum Gasteiger partial charge on any atom is 0.306 e. The van der Waals surface area contributed by atoms with Crippen molar-refractivity contribution in [3.63, 3.8) is 0 Å². The SMILES string of the molecule is CC1CC(C(=O)O)CCN1C(C)c1cc(Br)cs1. The lowest BCUT2D eigenvalue weighted by Gasteiger charge is -2.39. The Morgan fingerprint density at radius 1 is 1.67 bits per heavy atom. The largest absolute Gasteiger partial charge is 0.481 e. The van der Waals surface area contributed by atoms with E-state index in [1.807, 2.05) is 0 Å². The minimum atomic E-state index is -0.645. The Kier molecular flexibility index (Phi) is 4.45. The minimum Gasteiger partial charge on any atom is -0.481 e. The van der Waals surface area contributed by atoms with Gasteiger partial charge in [-0.3, -0.25) is 9.69 Å². The summed E-state index contributed by atoms with van der Waals surface area (Å²) in [5.74, 6) is -0.813. The lowest BCUT2D eigenvalue weighted by molar-refractivity contribution is -0.144. The third-order valence-electron chi connectivity index (χ3n) is 3.77. The van der Waals surface area contributed by atoms with Crippen LogP contribution in [0.3, 0.4) is 0 Å². The van der Waals surface area contributed by atoms with Gasteiger partial charge in [0, 0.05) is 26.8 Å². The van der Waals surface area contributed by atoms with Gasteiger partial charge in [-0.25, -0.2) is 0 Å². The molecule has 2 heterocycles. The van der Waals surface area contributed by atoms with Gasteiger partial charge >= 0.3 is 5.97 Å². The quantitative estimate of drug-likeness (QED) is 0.916. The van der Waals surface area contributed by atoms with E-state index in [1.54, 1.807) is 11.3 Å². The van der Waals surface area contributed by atoms with Crippen molar-refractivity contribution in [1.29, 1.82) is 0 Å². The molecule has 0 radical (unpaired) electrons. The fraction of sp³-hybridized carbons (Fsp3) is 0.615. The Balaban J connectivity index is 2.04. The fourth-order valence-corrected chi connectivity index (χ4v) is 4.22. The van der Waals surface area contributed by atoms with Crippen LogP contribution >= 0.6 is 27.3 Å². The van der Waals surface area contributed by atoms with Crippen LogP contribution in [0.2, 0.25) is 0 Å². The van der Waals surface area contributed by atoms with E-state index >= 15 is 0 Å². The second kappa shape index (κ2) is 5.72. The zero-order valence-electron chi connectivity index (χ0n) is 10.6. The molecule has 1 aliphatic rings. The van der Waals surface area contributed by atoms with E-state index in [1.165, 1.54) is 4.88 Å². The van der Waals surface area contributed by atoms with E-state index in [9.17, 15) is 4.79 Å². The monoisotopic (exact) mass is 331 g/mol. The Hall–Kier alpha value is -0.390. The lowest BCUT2D eigenvalue weighted by atomic mass is 9.90. The van der Waals surface area contributed by atoms with Crippen molar-refractivity contribution in [3.8, 4) is 0 Å². The van der Waals surface area contributed by atoms with Gasteiger partial charge in [0.05, 0.1) is 5.92 Å². The number of halogens is 1. The number of carboxylic acids is 1. The van der Waals surface area contributed by atoms with Crippen molar-refractivity contribution < 1.29 is 9.90 Å². The standard InChI is InChI=1S/C13H18BrNO2S/c1-8-5-10(13(16)17)3-4-15(8)9(2)12-6-11(14)7-18-12/h6-10H,3-5H2,1-2H3,(H,16,17). The number of likely N-dealkylation sites (tertiary alicyclic amines) is 1. The predicted octanol–water partition coefficient (Wildman–Crippen LogP) is 3.76. The molecular formula is C13H18BrNO2S. The predicted molar refractivity (Wildman–Crippen MR) is 77.0 cm³/mol. The van der Waals surface area contributed by atoms with Gasteiger partial charge in [-0.15, -0.1) is 11.3 Å². The van der Waals surface area contributed by atoms with Crippen molar-refractivity contribution in [1.82, 2.24) is 4.90 Å². The van der Waals surface area contributed by atoms with Crippen LogP contribution in [-0.2, 0) is 4.79 Å². The zero-order chi connectivity index (χ0) is 13.3. The van der Waals surface area contributed by atoms with Gasteiger partial charge < -0.3 is 5.11 Å². The number of nitrogens with zero attached hydrogens (tertiary/aromatic N) is 1. The van der Waals surface area contributed by atoms with Crippen molar-refractivity contribution in [2.24, 2.45) is 5.92 Å². The molecule has 0 saturated carbocycles. The van der Waals surface area contributed by atoms with E-state index in [2.05, 4.69) is 46.1 Å². The number of thiophene rings is 1. The summed E-state index contributed by atoms with van der Waals surface area (Å²) in [5, 5.41) is 11.2. The third-order valence-corrected chi connectivity index (χ3v) is 5.64. The zero-order valence-corrected chi connectivity index (χ0v) is 13.0. The molecule has 1 fully saturated rings. The molecule has 0 spiro atoms. The highest BCUT2D eigenvalue weighted by molar-refractivity contribution is 9.10. The van der Waals surface area contributed by atoms with E-state index in [0.29, 0.717) is 12.1 Å². The fourth-order valence-electron chi connectivity index (χ4n) is 2.70. The van der Waals surface area contributed by atoms with Crippen molar-refractivity contribution >= 4 is 33.2 Å². The highest BCUT2D eigenvalue weighted by atomic mass is 79.9. The van der Waals surface area contributed by atoms with E-state index < -0.39 is 5.97 Å². The number of carbonyl (C=O) groups is 1. The normalized spacial score (nSPS) is 27.1. The topological polar surface area (TPSA) is 40.5 Å². The molecule has 1 aliphatic heterocycles. The summed E-state index contributed by atoms with van der Waals surface area (Å²) in [6.07, 6.45) is 1.52.